The lowest BCUT2D eigenvalue weighted by Crippen LogP contribution is -2.62. The Labute approximate surface area is 148 Å². The molecule has 1 aromatic carbocycles. The van der Waals surface area contributed by atoms with Gasteiger partial charge in [-0.1, -0.05) is 24.3 Å². The molecule has 2 rings (SSSR count). The number of hydrogen-bond acceptors (Lipinski definition) is 4. The van der Waals surface area contributed by atoms with E-state index in [1.807, 2.05) is 0 Å². The van der Waals surface area contributed by atoms with Crippen LogP contribution in [0.15, 0.2) is 36.4 Å². The van der Waals surface area contributed by atoms with Gasteiger partial charge in [0.15, 0.2) is 10.8 Å². The number of nitriles is 2. The van der Waals surface area contributed by atoms with Gasteiger partial charge in [-0.15, -0.1) is 0 Å². The fourth-order valence-corrected chi connectivity index (χ4v) is 3.31. The molecule has 0 fully saturated rings. The van der Waals surface area contributed by atoms with Gasteiger partial charge in [0.05, 0.1) is 17.1 Å². The van der Waals surface area contributed by atoms with Gasteiger partial charge in [-0.25, -0.2) is 0 Å². The fraction of sp³-hybridized carbons (Fsp3) is 0.375. The molecular formula is C16H9F6N3O2. The van der Waals surface area contributed by atoms with E-state index < -0.39 is 46.1 Å². The van der Waals surface area contributed by atoms with Crippen LogP contribution in [0.2, 0.25) is 0 Å². The summed E-state index contributed by atoms with van der Waals surface area (Å²) in [6, 6.07) is 5.55. The number of rotatable bonds is 2. The smallest absolute Gasteiger partial charge is 0.258 e. The molecule has 0 bridgehead atoms. The fourth-order valence-electron chi connectivity index (χ4n) is 3.31. The van der Waals surface area contributed by atoms with Crippen LogP contribution >= 0.6 is 0 Å². The summed E-state index contributed by atoms with van der Waals surface area (Å²) < 4.78 is 82.0. The zero-order chi connectivity index (χ0) is 20.7. The summed E-state index contributed by atoms with van der Waals surface area (Å²) in [7, 11) is 0. The summed E-state index contributed by atoms with van der Waals surface area (Å²) in [5.74, 6) is -1.90. The Hall–Kier alpha value is -3.08. The van der Waals surface area contributed by atoms with Crippen LogP contribution in [0.3, 0.4) is 0 Å². The molecule has 0 aromatic heterocycles. The largest absolute Gasteiger partial charge is 0.406 e. The van der Waals surface area contributed by atoms with Crippen molar-refractivity contribution in [2.45, 2.75) is 24.7 Å². The molecule has 1 unspecified atom stereocenters. The van der Waals surface area contributed by atoms with Crippen molar-refractivity contribution in [1.29, 1.82) is 10.5 Å². The summed E-state index contributed by atoms with van der Waals surface area (Å²) in [4.78, 5) is 9.88. The Kier molecular flexibility index (Phi) is 4.70. The van der Waals surface area contributed by atoms with Gasteiger partial charge in [0, 0.05) is 18.1 Å². The van der Waals surface area contributed by atoms with E-state index in [-0.39, 0.29) is 5.56 Å². The van der Waals surface area contributed by atoms with Crippen LogP contribution < -0.4 is 0 Å². The number of non-ortho nitro benzene ring substituents is 1. The van der Waals surface area contributed by atoms with Crippen LogP contribution in [0.25, 0.3) is 0 Å². The predicted octanol–water partition coefficient (Wildman–Crippen LogP) is 4.78. The molecule has 1 aliphatic rings. The van der Waals surface area contributed by atoms with Crippen molar-refractivity contribution >= 4 is 5.69 Å². The van der Waals surface area contributed by atoms with Crippen molar-refractivity contribution in [3.8, 4) is 12.1 Å². The molecule has 11 heteroatoms. The van der Waals surface area contributed by atoms with Gasteiger partial charge >= 0.3 is 12.4 Å². The Morgan fingerprint density at radius 3 is 1.89 bits per heavy atom. The summed E-state index contributed by atoms with van der Waals surface area (Å²) in [6.45, 7) is 0. The third-order valence-corrected chi connectivity index (χ3v) is 4.68. The molecule has 5 nitrogen and oxygen atoms in total. The van der Waals surface area contributed by atoms with Gasteiger partial charge in [0.25, 0.3) is 5.69 Å². The maximum absolute atomic E-state index is 13.7. The molecule has 0 heterocycles. The highest BCUT2D eigenvalue weighted by Crippen LogP contribution is 2.67. The van der Waals surface area contributed by atoms with Crippen molar-refractivity contribution in [2.24, 2.45) is 10.8 Å². The summed E-state index contributed by atoms with van der Waals surface area (Å²) in [5, 5.41) is 29.4. The van der Waals surface area contributed by atoms with Crippen LogP contribution in [0, 0.1) is 43.6 Å². The van der Waals surface area contributed by atoms with Crippen LogP contribution in [0.5, 0.6) is 0 Å². The quantitative estimate of drug-likeness (QED) is 0.315. The second kappa shape index (κ2) is 6.27. The van der Waals surface area contributed by atoms with Gasteiger partial charge in [-0.3, -0.25) is 10.1 Å². The lowest BCUT2D eigenvalue weighted by Gasteiger charge is -2.48. The van der Waals surface area contributed by atoms with E-state index in [2.05, 4.69) is 0 Å². The number of nitrogens with zero attached hydrogens (tertiary/aromatic N) is 3. The van der Waals surface area contributed by atoms with E-state index in [1.165, 1.54) is 0 Å². The van der Waals surface area contributed by atoms with Gasteiger partial charge < -0.3 is 0 Å². The average Bonchev–Trinajstić information content (AvgIpc) is 2.58. The van der Waals surface area contributed by atoms with Crippen molar-refractivity contribution in [3.05, 3.63) is 52.1 Å². The highest BCUT2D eigenvalue weighted by Gasteiger charge is 2.82. The molecule has 0 spiro atoms. The van der Waals surface area contributed by atoms with E-state index in [0.29, 0.717) is 6.08 Å². The molecule has 0 amide bonds. The predicted molar refractivity (Wildman–Crippen MR) is 77.8 cm³/mol. The molecule has 0 saturated heterocycles. The van der Waals surface area contributed by atoms with Crippen molar-refractivity contribution in [1.82, 2.24) is 0 Å². The Morgan fingerprint density at radius 1 is 1.04 bits per heavy atom. The number of halogens is 6. The minimum Gasteiger partial charge on any atom is -0.258 e. The monoisotopic (exact) mass is 389 g/mol. The number of benzene rings is 1. The highest BCUT2D eigenvalue weighted by atomic mass is 19.4. The molecule has 142 valence electrons. The lowest BCUT2D eigenvalue weighted by atomic mass is 9.52. The average molecular weight is 389 g/mol. The standard InChI is InChI=1S/C16H9F6N3O2/c17-15(18,19)14(16(20,21)22)7-1-2-12(13(14,8-23)9-24)10-3-5-11(6-4-10)25(26)27/h1-6,12H,7H2. The summed E-state index contributed by atoms with van der Waals surface area (Å²) in [6.07, 6.45) is -12.0. The van der Waals surface area contributed by atoms with Crippen LogP contribution in [0.1, 0.15) is 17.9 Å². The second-order valence-electron chi connectivity index (χ2n) is 5.89. The maximum atomic E-state index is 13.7. The minimum atomic E-state index is -5.94. The molecule has 0 radical (unpaired) electrons. The zero-order valence-electron chi connectivity index (χ0n) is 13.2. The lowest BCUT2D eigenvalue weighted by molar-refractivity contribution is -0.384. The number of alkyl halides is 6. The molecule has 0 aliphatic heterocycles. The normalized spacial score (nSPS) is 21.1. The first-order chi connectivity index (χ1) is 12.4. The van der Waals surface area contributed by atoms with E-state index >= 15 is 0 Å². The van der Waals surface area contributed by atoms with Crippen molar-refractivity contribution < 1.29 is 31.3 Å². The van der Waals surface area contributed by atoms with E-state index in [1.54, 1.807) is 0 Å². The van der Waals surface area contributed by atoms with E-state index in [9.17, 15) is 47.0 Å². The molecule has 1 aliphatic carbocycles. The zero-order valence-corrected chi connectivity index (χ0v) is 13.2. The SMILES string of the molecule is N#CC1(C#N)C(c2ccc([N+](=O)[O-])cc2)C=CCC1(C(F)(F)F)C(F)(F)F. The van der Waals surface area contributed by atoms with Gasteiger partial charge in [-0.2, -0.15) is 36.9 Å². The topological polar surface area (TPSA) is 90.7 Å². The molecule has 27 heavy (non-hydrogen) atoms. The Morgan fingerprint density at radius 2 is 1.52 bits per heavy atom. The number of nitro groups is 1. The van der Waals surface area contributed by atoms with Crippen LogP contribution in [-0.2, 0) is 0 Å². The first-order valence-corrected chi connectivity index (χ1v) is 7.25. The van der Waals surface area contributed by atoms with Crippen LogP contribution in [0.4, 0.5) is 32.0 Å². The minimum absolute atomic E-state index is 0.252. The molecule has 0 N–H and O–H groups in total. The van der Waals surface area contributed by atoms with Crippen molar-refractivity contribution in [2.75, 3.05) is 0 Å². The van der Waals surface area contributed by atoms with Crippen molar-refractivity contribution in [3.63, 3.8) is 0 Å². The number of allylic oxidation sites excluding steroid dienone is 2. The first-order valence-electron chi connectivity index (χ1n) is 7.25. The van der Waals surface area contributed by atoms with Crippen LogP contribution in [-0.4, -0.2) is 17.3 Å². The Bertz CT molecular complexity index is 831. The summed E-state index contributed by atoms with van der Waals surface area (Å²) in [5.41, 5.74) is -8.86. The third-order valence-electron chi connectivity index (χ3n) is 4.68. The molecule has 1 aromatic rings. The third kappa shape index (κ3) is 2.70. The molecular weight excluding hydrogens is 380 g/mol. The second-order valence-corrected chi connectivity index (χ2v) is 5.89. The number of nitro benzene ring substituents is 1. The van der Waals surface area contributed by atoms with Gasteiger partial charge in [0.2, 0.25) is 0 Å². The molecule has 0 saturated carbocycles. The Balaban J connectivity index is 2.80. The maximum Gasteiger partial charge on any atom is 0.406 e. The van der Waals surface area contributed by atoms with E-state index in [0.717, 1.165) is 42.5 Å². The summed E-state index contributed by atoms with van der Waals surface area (Å²) >= 11 is 0. The first kappa shape index (κ1) is 20.2. The van der Waals surface area contributed by atoms with Gasteiger partial charge in [0.1, 0.15) is 0 Å². The molecule has 1 atom stereocenters. The van der Waals surface area contributed by atoms with E-state index in [4.69, 9.17) is 0 Å². The number of hydrogen-bond donors (Lipinski definition) is 0. The van der Waals surface area contributed by atoms with Gasteiger partial charge in [-0.05, 0) is 12.0 Å². The highest BCUT2D eigenvalue weighted by molar-refractivity contribution is 5.44.